The van der Waals surface area contributed by atoms with E-state index in [0.717, 1.165) is 0 Å². The van der Waals surface area contributed by atoms with Crippen molar-refractivity contribution in [2.45, 2.75) is 13.5 Å². The number of carbonyl (C=O) groups excluding carboxylic acids is 1. The topological polar surface area (TPSA) is 82.5 Å². The number of hydrogen-bond acceptors (Lipinski definition) is 4. The van der Waals surface area contributed by atoms with Gasteiger partial charge >= 0.3 is 0 Å². The lowest BCUT2D eigenvalue weighted by Gasteiger charge is -2.11. The molecule has 3 rings (SSSR count). The Bertz CT molecular complexity index is 941. The number of hydrogen-bond donors (Lipinski definition) is 3. The van der Waals surface area contributed by atoms with E-state index < -0.39 is 0 Å². The molecule has 0 aliphatic heterocycles. The predicted octanol–water partition coefficient (Wildman–Crippen LogP) is 3.54. The summed E-state index contributed by atoms with van der Waals surface area (Å²) in [5.41, 5.74) is 2.25. The van der Waals surface area contributed by atoms with Gasteiger partial charge in [-0.2, -0.15) is 0 Å². The number of para-hydroxylation sites is 1. The van der Waals surface area contributed by atoms with Gasteiger partial charge in [-0.3, -0.25) is 9.78 Å². The molecule has 1 amide bonds. The third kappa shape index (κ3) is 3.12. The molecular formula is C18H15ClN2O3. The third-order valence-corrected chi connectivity index (χ3v) is 3.98. The lowest BCUT2D eigenvalue weighted by atomic mass is 10.1. The van der Waals surface area contributed by atoms with Crippen molar-refractivity contribution in [1.29, 1.82) is 0 Å². The van der Waals surface area contributed by atoms with Crippen LogP contribution < -0.4 is 5.32 Å². The second kappa shape index (κ2) is 6.37. The minimum atomic E-state index is -0.291. The highest BCUT2D eigenvalue weighted by atomic mass is 35.5. The first-order chi connectivity index (χ1) is 11.5. The molecule has 1 heterocycles. The second-order valence-corrected chi connectivity index (χ2v) is 5.85. The first kappa shape index (κ1) is 16.1. The highest BCUT2D eigenvalue weighted by molar-refractivity contribution is 6.35. The van der Waals surface area contributed by atoms with Crippen LogP contribution in [0.1, 0.15) is 21.6 Å². The molecule has 0 aliphatic rings. The quantitative estimate of drug-likeness (QED) is 0.680. The Morgan fingerprint density at radius 3 is 2.75 bits per heavy atom. The van der Waals surface area contributed by atoms with Crippen LogP contribution in [0.2, 0.25) is 5.02 Å². The molecule has 0 saturated carbocycles. The molecular weight excluding hydrogens is 328 g/mol. The van der Waals surface area contributed by atoms with Crippen molar-refractivity contribution in [3.8, 4) is 11.5 Å². The average molecular weight is 343 g/mol. The van der Waals surface area contributed by atoms with Gasteiger partial charge in [-0.15, -0.1) is 0 Å². The number of phenols is 2. The largest absolute Gasteiger partial charge is 0.508 e. The summed E-state index contributed by atoms with van der Waals surface area (Å²) in [7, 11) is 0. The van der Waals surface area contributed by atoms with Crippen LogP contribution in [-0.4, -0.2) is 21.1 Å². The van der Waals surface area contributed by atoms with Crippen LogP contribution in [0, 0.1) is 6.92 Å². The molecule has 0 aliphatic carbocycles. The van der Waals surface area contributed by atoms with Gasteiger partial charge in [0.25, 0.3) is 5.91 Å². The fourth-order valence-electron chi connectivity index (χ4n) is 2.50. The Balaban J connectivity index is 1.90. The number of phenolic OH excluding ortho intramolecular Hbond substituents is 2. The standard InChI is InChI=1S/C18H15ClN2O3/c1-10-7-14(13-3-2-4-15(19)17(13)21-10)18(24)20-9-11-5-6-12(22)8-16(11)23/h2-8,22-23H,9H2,1H3,(H,20,24). The molecule has 0 bridgehead atoms. The van der Waals surface area contributed by atoms with Crippen molar-refractivity contribution in [3.05, 3.63) is 64.3 Å². The number of nitrogens with zero attached hydrogens (tertiary/aromatic N) is 1. The normalized spacial score (nSPS) is 10.8. The van der Waals surface area contributed by atoms with E-state index in [1.54, 1.807) is 37.3 Å². The highest BCUT2D eigenvalue weighted by Gasteiger charge is 2.14. The number of aromatic nitrogens is 1. The van der Waals surface area contributed by atoms with Crippen LogP contribution in [0.25, 0.3) is 10.9 Å². The number of fused-ring (bicyclic) bond motifs is 1. The monoisotopic (exact) mass is 342 g/mol. The lowest BCUT2D eigenvalue weighted by Crippen LogP contribution is -2.23. The Morgan fingerprint density at radius 2 is 2.00 bits per heavy atom. The number of carbonyl (C=O) groups is 1. The predicted molar refractivity (Wildman–Crippen MR) is 92.4 cm³/mol. The van der Waals surface area contributed by atoms with Crippen LogP contribution in [0.4, 0.5) is 0 Å². The van der Waals surface area contributed by atoms with Gasteiger partial charge in [0.2, 0.25) is 0 Å². The number of rotatable bonds is 3. The maximum Gasteiger partial charge on any atom is 0.252 e. The minimum Gasteiger partial charge on any atom is -0.508 e. The molecule has 5 nitrogen and oxygen atoms in total. The summed E-state index contributed by atoms with van der Waals surface area (Å²) in [5.74, 6) is -0.401. The van der Waals surface area contributed by atoms with Gasteiger partial charge in [0.1, 0.15) is 11.5 Å². The van der Waals surface area contributed by atoms with Crippen LogP contribution >= 0.6 is 11.6 Å². The molecule has 122 valence electrons. The van der Waals surface area contributed by atoms with Gasteiger partial charge in [0.15, 0.2) is 0 Å². The molecule has 3 aromatic rings. The summed E-state index contributed by atoms with van der Waals surface area (Å²) in [5, 5.41) is 23.0. The first-order valence-corrected chi connectivity index (χ1v) is 7.68. The van der Waals surface area contributed by atoms with Crippen molar-refractivity contribution in [2.75, 3.05) is 0 Å². The first-order valence-electron chi connectivity index (χ1n) is 7.30. The average Bonchev–Trinajstić information content (AvgIpc) is 2.54. The number of aromatic hydroxyl groups is 2. The number of nitrogens with one attached hydrogen (secondary N) is 1. The minimum absolute atomic E-state index is 0.0343. The van der Waals surface area contributed by atoms with Crippen molar-refractivity contribution in [2.24, 2.45) is 0 Å². The molecule has 24 heavy (non-hydrogen) atoms. The van der Waals surface area contributed by atoms with Gasteiger partial charge in [-0.05, 0) is 31.2 Å². The van der Waals surface area contributed by atoms with Crippen molar-refractivity contribution in [3.63, 3.8) is 0 Å². The Kier molecular flexibility index (Phi) is 4.27. The molecule has 3 N–H and O–H groups in total. The van der Waals surface area contributed by atoms with Crippen molar-refractivity contribution < 1.29 is 15.0 Å². The molecule has 0 spiro atoms. The van der Waals surface area contributed by atoms with Crippen molar-refractivity contribution in [1.82, 2.24) is 10.3 Å². The van der Waals surface area contributed by atoms with Crippen LogP contribution in [-0.2, 0) is 6.54 Å². The zero-order valence-electron chi connectivity index (χ0n) is 12.9. The molecule has 0 radical (unpaired) electrons. The van der Waals surface area contributed by atoms with E-state index in [1.165, 1.54) is 12.1 Å². The van der Waals surface area contributed by atoms with E-state index in [2.05, 4.69) is 10.3 Å². The number of amides is 1. The van der Waals surface area contributed by atoms with E-state index >= 15 is 0 Å². The zero-order chi connectivity index (χ0) is 17.3. The van der Waals surface area contributed by atoms with E-state index in [0.29, 0.717) is 32.7 Å². The second-order valence-electron chi connectivity index (χ2n) is 5.44. The fourth-order valence-corrected chi connectivity index (χ4v) is 2.72. The Morgan fingerprint density at radius 1 is 1.21 bits per heavy atom. The lowest BCUT2D eigenvalue weighted by molar-refractivity contribution is 0.0952. The van der Waals surface area contributed by atoms with Crippen LogP contribution in [0.3, 0.4) is 0 Å². The zero-order valence-corrected chi connectivity index (χ0v) is 13.6. The van der Waals surface area contributed by atoms with Crippen LogP contribution in [0.15, 0.2) is 42.5 Å². The summed E-state index contributed by atoms with van der Waals surface area (Å²) in [4.78, 5) is 16.9. The van der Waals surface area contributed by atoms with Gasteiger partial charge in [-0.25, -0.2) is 0 Å². The van der Waals surface area contributed by atoms with E-state index in [1.807, 2.05) is 0 Å². The van der Waals surface area contributed by atoms with E-state index in [9.17, 15) is 15.0 Å². The van der Waals surface area contributed by atoms with Gasteiger partial charge in [0, 0.05) is 29.3 Å². The molecule has 1 aromatic heterocycles. The smallest absolute Gasteiger partial charge is 0.252 e. The number of aryl methyl sites for hydroxylation is 1. The highest BCUT2D eigenvalue weighted by Crippen LogP contribution is 2.26. The Labute approximate surface area is 143 Å². The summed E-state index contributed by atoms with van der Waals surface area (Å²) in [6, 6.07) is 11.2. The molecule has 0 saturated heterocycles. The fraction of sp³-hybridized carbons (Fsp3) is 0.111. The van der Waals surface area contributed by atoms with Gasteiger partial charge < -0.3 is 15.5 Å². The summed E-state index contributed by atoms with van der Waals surface area (Å²) in [6.07, 6.45) is 0. The molecule has 0 fully saturated rings. The van der Waals surface area contributed by atoms with Crippen LogP contribution in [0.5, 0.6) is 11.5 Å². The molecule has 6 heteroatoms. The van der Waals surface area contributed by atoms with Gasteiger partial charge in [0.05, 0.1) is 16.1 Å². The summed E-state index contributed by atoms with van der Waals surface area (Å²) >= 11 is 6.16. The van der Waals surface area contributed by atoms with E-state index in [-0.39, 0.29) is 24.0 Å². The molecule has 0 unspecified atom stereocenters. The molecule has 2 aromatic carbocycles. The summed E-state index contributed by atoms with van der Waals surface area (Å²) in [6.45, 7) is 1.93. The number of benzene rings is 2. The van der Waals surface area contributed by atoms with Gasteiger partial charge in [-0.1, -0.05) is 23.7 Å². The maximum atomic E-state index is 12.6. The molecule has 0 atom stereocenters. The third-order valence-electron chi connectivity index (χ3n) is 3.67. The van der Waals surface area contributed by atoms with E-state index in [4.69, 9.17) is 11.6 Å². The SMILES string of the molecule is Cc1cc(C(=O)NCc2ccc(O)cc2O)c2cccc(Cl)c2n1. The Hall–Kier alpha value is -2.79. The van der Waals surface area contributed by atoms with Crippen molar-refractivity contribution >= 4 is 28.4 Å². The number of halogens is 1. The summed E-state index contributed by atoms with van der Waals surface area (Å²) < 4.78 is 0. The number of pyridine rings is 1. The maximum absolute atomic E-state index is 12.6.